The van der Waals surface area contributed by atoms with Gasteiger partial charge in [-0.2, -0.15) is 0 Å². The van der Waals surface area contributed by atoms with Crippen LogP contribution in [0.2, 0.25) is 0 Å². The van der Waals surface area contributed by atoms with Crippen LogP contribution in [0.15, 0.2) is 23.6 Å². The first-order valence-electron chi connectivity index (χ1n) is 6.21. The van der Waals surface area contributed by atoms with Crippen molar-refractivity contribution in [3.05, 3.63) is 29.1 Å². The molecule has 0 saturated carbocycles. The molecule has 0 unspecified atom stereocenters. The van der Waals surface area contributed by atoms with Crippen LogP contribution in [0.3, 0.4) is 0 Å². The summed E-state index contributed by atoms with van der Waals surface area (Å²) in [5.41, 5.74) is 8.95. The number of hydrogen-bond acceptors (Lipinski definition) is 4. The van der Waals surface area contributed by atoms with E-state index in [1.807, 2.05) is 18.4 Å². The second-order valence-electron chi connectivity index (χ2n) is 4.08. The monoisotopic (exact) mass is 262 g/mol. The van der Waals surface area contributed by atoms with Gasteiger partial charge in [0.15, 0.2) is 5.13 Å². The van der Waals surface area contributed by atoms with Crippen molar-refractivity contribution in [2.75, 3.05) is 12.3 Å². The third-order valence-corrected chi connectivity index (χ3v) is 3.35. The first kappa shape index (κ1) is 12.9. The Morgan fingerprint density at radius 1 is 1.33 bits per heavy atom. The van der Waals surface area contributed by atoms with Crippen LogP contribution in [0.5, 0.6) is 5.75 Å². The first-order valence-corrected chi connectivity index (χ1v) is 7.09. The van der Waals surface area contributed by atoms with Gasteiger partial charge in [-0.25, -0.2) is 4.98 Å². The minimum atomic E-state index is 0.591. The van der Waals surface area contributed by atoms with Gasteiger partial charge in [-0.15, -0.1) is 11.3 Å². The number of anilines is 1. The molecule has 0 saturated heterocycles. The summed E-state index contributed by atoms with van der Waals surface area (Å²) in [6.45, 7) is 4.82. The topological polar surface area (TPSA) is 48.1 Å². The van der Waals surface area contributed by atoms with E-state index in [0.29, 0.717) is 11.7 Å². The summed E-state index contributed by atoms with van der Waals surface area (Å²) >= 11 is 1.46. The third-order valence-electron chi connectivity index (χ3n) is 2.68. The van der Waals surface area contributed by atoms with Crippen LogP contribution in [0.25, 0.3) is 11.3 Å². The van der Waals surface area contributed by atoms with E-state index in [1.165, 1.54) is 16.9 Å². The van der Waals surface area contributed by atoms with Crippen LogP contribution in [0.1, 0.15) is 25.8 Å². The standard InChI is InChI=1S/C14H18N2OS/c1-3-5-10-6-7-13(17-4-2)11(8-10)12-9-18-14(15)16-12/h6-9H,3-5H2,1-2H3,(H2,15,16). The van der Waals surface area contributed by atoms with Crippen molar-refractivity contribution >= 4 is 16.5 Å². The Morgan fingerprint density at radius 3 is 2.78 bits per heavy atom. The largest absolute Gasteiger partial charge is 0.493 e. The molecule has 18 heavy (non-hydrogen) atoms. The number of nitrogens with zero attached hydrogens (tertiary/aromatic N) is 1. The first-order chi connectivity index (χ1) is 8.74. The van der Waals surface area contributed by atoms with Gasteiger partial charge >= 0.3 is 0 Å². The predicted octanol–water partition coefficient (Wildman–Crippen LogP) is 3.74. The molecule has 1 heterocycles. The van der Waals surface area contributed by atoms with Gasteiger partial charge in [-0.1, -0.05) is 19.4 Å². The van der Waals surface area contributed by atoms with Crippen molar-refractivity contribution in [3.8, 4) is 17.0 Å². The summed E-state index contributed by atoms with van der Waals surface area (Å²) in [6.07, 6.45) is 2.20. The van der Waals surface area contributed by atoms with Crippen LogP contribution in [-0.4, -0.2) is 11.6 Å². The molecule has 0 atom stereocenters. The molecule has 0 spiro atoms. The number of hydrogen-bond donors (Lipinski definition) is 1. The zero-order valence-corrected chi connectivity index (χ0v) is 11.6. The van der Waals surface area contributed by atoms with Crippen molar-refractivity contribution in [3.63, 3.8) is 0 Å². The van der Waals surface area contributed by atoms with Crippen molar-refractivity contribution in [1.82, 2.24) is 4.98 Å². The van der Waals surface area contributed by atoms with Gasteiger partial charge in [0.2, 0.25) is 0 Å². The molecule has 1 aromatic heterocycles. The van der Waals surface area contributed by atoms with Gasteiger partial charge in [0, 0.05) is 10.9 Å². The number of ether oxygens (including phenoxy) is 1. The van der Waals surface area contributed by atoms with E-state index in [0.717, 1.165) is 29.8 Å². The Bertz CT molecular complexity index is 522. The summed E-state index contributed by atoms with van der Waals surface area (Å²) in [6, 6.07) is 6.30. The molecule has 0 aliphatic heterocycles. The van der Waals surface area contributed by atoms with E-state index in [4.69, 9.17) is 10.5 Å². The minimum absolute atomic E-state index is 0.591. The predicted molar refractivity (Wildman–Crippen MR) is 77.1 cm³/mol. The zero-order chi connectivity index (χ0) is 13.0. The van der Waals surface area contributed by atoms with Gasteiger partial charge in [0.25, 0.3) is 0 Å². The second kappa shape index (κ2) is 5.87. The number of benzene rings is 1. The molecule has 0 aliphatic carbocycles. The Balaban J connectivity index is 2.43. The van der Waals surface area contributed by atoms with Crippen molar-refractivity contribution in [2.45, 2.75) is 26.7 Å². The minimum Gasteiger partial charge on any atom is -0.493 e. The summed E-state index contributed by atoms with van der Waals surface area (Å²) in [5, 5.41) is 2.57. The fourth-order valence-electron chi connectivity index (χ4n) is 1.91. The van der Waals surface area contributed by atoms with E-state index in [9.17, 15) is 0 Å². The van der Waals surface area contributed by atoms with E-state index >= 15 is 0 Å². The second-order valence-corrected chi connectivity index (χ2v) is 4.97. The number of nitrogens with two attached hydrogens (primary N) is 1. The quantitative estimate of drug-likeness (QED) is 0.892. The van der Waals surface area contributed by atoms with Gasteiger partial charge in [0.05, 0.1) is 12.3 Å². The molecule has 96 valence electrons. The maximum absolute atomic E-state index is 5.70. The molecule has 2 aromatic rings. The number of thiazole rings is 1. The highest BCUT2D eigenvalue weighted by atomic mass is 32.1. The van der Waals surface area contributed by atoms with Crippen molar-refractivity contribution in [2.24, 2.45) is 0 Å². The Morgan fingerprint density at radius 2 is 2.17 bits per heavy atom. The number of rotatable bonds is 5. The fraction of sp³-hybridized carbons (Fsp3) is 0.357. The fourth-order valence-corrected chi connectivity index (χ4v) is 2.48. The zero-order valence-electron chi connectivity index (χ0n) is 10.8. The summed E-state index contributed by atoms with van der Waals surface area (Å²) in [7, 11) is 0. The molecule has 3 nitrogen and oxygen atoms in total. The highest BCUT2D eigenvalue weighted by Crippen LogP contribution is 2.32. The highest BCUT2D eigenvalue weighted by Gasteiger charge is 2.10. The van der Waals surface area contributed by atoms with Crippen LogP contribution in [-0.2, 0) is 6.42 Å². The lowest BCUT2D eigenvalue weighted by Gasteiger charge is -2.10. The van der Waals surface area contributed by atoms with Gasteiger partial charge in [-0.05, 0) is 31.0 Å². The molecule has 0 aliphatic rings. The lowest BCUT2D eigenvalue weighted by atomic mass is 10.0. The third kappa shape index (κ3) is 2.82. The Kier molecular flexibility index (Phi) is 4.20. The van der Waals surface area contributed by atoms with E-state index in [1.54, 1.807) is 0 Å². The van der Waals surface area contributed by atoms with Crippen LogP contribution >= 0.6 is 11.3 Å². The normalized spacial score (nSPS) is 10.6. The summed E-state index contributed by atoms with van der Waals surface area (Å²) in [5.74, 6) is 0.877. The molecular formula is C14H18N2OS. The lowest BCUT2D eigenvalue weighted by molar-refractivity contribution is 0.341. The molecule has 1 aromatic carbocycles. The van der Waals surface area contributed by atoms with Gasteiger partial charge in [0.1, 0.15) is 5.75 Å². The van der Waals surface area contributed by atoms with E-state index < -0.39 is 0 Å². The Hall–Kier alpha value is -1.55. The lowest BCUT2D eigenvalue weighted by Crippen LogP contribution is -1.96. The Labute approximate surface area is 112 Å². The molecular weight excluding hydrogens is 244 g/mol. The van der Waals surface area contributed by atoms with E-state index in [2.05, 4.69) is 24.0 Å². The van der Waals surface area contributed by atoms with Gasteiger partial charge < -0.3 is 10.5 Å². The smallest absolute Gasteiger partial charge is 0.180 e. The molecule has 0 radical (unpaired) electrons. The van der Waals surface area contributed by atoms with E-state index in [-0.39, 0.29) is 0 Å². The molecule has 2 N–H and O–H groups in total. The molecule has 0 amide bonds. The van der Waals surface area contributed by atoms with Crippen LogP contribution < -0.4 is 10.5 Å². The van der Waals surface area contributed by atoms with Crippen LogP contribution in [0, 0.1) is 0 Å². The maximum Gasteiger partial charge on any atom is 0.180 e. The number of nitrogen functional groups attached to an aromatic ring is 1. The summed E-state index contributed by atoms with van der Waals surface area (Å²) < 4.78 is 5.66. The maximum atomic E-state index is 5.70. The molecule has 2 rings (SSSR count). The van der Waals surface area contributed by atoms with Crippen LogP contribution in [0.4, 0.5) is 5.13 Å². The number of aromatic nitrogens is 1. The average molecular weight is 262 g/mol. The molecule has 0 bridgehead atoms. The highest BCUT2D eigenvalue weighted by molar-refractivity contribution is 7.13. The number of aryl methyl sites for hydroxylation is 1. The average Bonchev–Trinajstić information content (AvgIpc) is 2.78. The van der Waals surface area contributed by atoms with Crippen molar-refractivity contribution in [1.29, 1.82) is 0 Å². The SMILES string of the molecule is CCCc1ccc(OCC)c(-c2csc(N)n2)c1. The van der Waals surface area contributed by atoms with Gasteiger partial charge in [-0.3, -0.25) is 0 Å². The molecule has 0 fully saturated rings. The van der Waals surface area contributed by atoms with Crippen molar-refractivity contribution < 1.29 is 4.74 Å². The summed E-state index contributed by atoms with van der Waals surface area (Å²) in [4.78, 5) is 4.34. The molecule has 4 heteroatoms.